The molecule has 0 radical (unpaired) electrons. The van der Waals surface area contributed by atoms with E-state index in [4.69, 9.17) is 5.73 Å². The second kappa shape index (κ2) is 2.59. The number of aliphatic hydroxyl groups excluding tert-OH is 1. The quantitative estimate of drug-likeness (QED) is 0.602. The molecule has 2 rings (SSSR count). The van der Waals surface area contributed by atoms with E-state index in [0.717, 1.165) is 17.0 Å². The molecule has 1 heterocycles. The van der Waals surface area contributed by atoms with E-state index in [1.54, 1.807) is 0 Å². The van der Waals surface area contributed by atoms with Crippen molar-refractivity contribution in [3.8, 4) is 0 Å². The summed E-state index contributed by atoms with van der Waals surface area (Å²) in [6.45, 7) is 4.05. The van der Waals surface area contributed by atoms with Gasteiger partial charge in [-0.05, 0) is 38.3 Å². The van der Waals surface area contributed by atoms with Crippen molar-refractivity contribution in [1.29, 1.82) is 0 Å². The number of H-pyrrole nitrogens is 1. The highest BCUT2D eigenvalue weighted by molar-refractivity contribution is 5.34. The molecule has 72 valence electrons. The number of rotatable bonds is 1. The molecule has 1 aromatic rings. The summed E-state index contributed by atoms with van der Waals surface area (Å²) < 4.78 is 0. The van der Waals surface area contributed by atoms with Crippen LogP contribution in [0, 0.1) is 13.8 Å². The zero-order chi connectivity index (χ0) is 9.64. The van der Waals surface area contributed by atoms with E-state index in [0.29, 0.717) is 12.8 Å². The van der Waals surface area contributed by atoms with Gasteiger partial charge in [-0.15, -0.1) is 0 Å². The minimum Gasteiger partial charge on any atom is -0.393 e. The van der Waals surface area contributed by atoms with Gasteiger partial charge in [-0.25, -0.2) is 0 Å². The van der Waals surface area contributed by atoms with Crippen LogP contribution in [-0.2, 0) is 5.54 Å². The lowest BCUT2D eigenvalue weighted by Crippen LogP contribution is -2.51. The first-order chi connectivity index (χ1) is 6.01. The zero-order valence-corrected chi connectivity index (χ0v) is 8.09. The molecule has 0 saturated heterocycles. The maximum absolute atomic E-state index is 9.25. The summed E-state index contributed by atoms with van der Waals surface area (Å²) in [7, 11) is 0. The van der Waals surface area contributed by atoms with Crippen LogP contribution in [0.2, 0.25) is 0 Å². The predicted molar refractivity (Wildman–Crippen MR) is 51.4 cm³/mol. The molecule has 3 heteroatoms. The fourth-order valence-electron chi connectivity index (χ4n) is 2.24. The highest BCUT2D eigenvalue weighted by Crippen LogP contribution is 2.40. The van der Waals surface area contributed by atoms with E-state index < -0.39 is 0 Å². The smallest absolute Gasteiger partial charge is 0.0582 e. The molecule has 1 saturated carbocycles. The first-order valence-electron chi connectivity index (χ1n) is 4.65. The molecule has 0 aromatic carbocycles. The number of hydrogen-bond donors (Lipinski definition) is 3. The largest absolute Gasteiger partial charge is 0.393 e. The summed E-state index contributed by atoms with van der Waals surface area (Å²) in [5, 5.41) is 9.25. The topological polar surface area (TPSA) is 62.0 Å². The van der Waals surface area contributed by atoms with Gasteiger partial charge in [-0.1, -0.05) is 0 Å². The normalized spacial score (nSPS) is 33.1. The first kappa shape index (κ1) is 8.78. The average Bonchev–Trinajstić information content (AvgIpc) is 2.27. The highest BCUT2D eigenvalue weighted by Gasteiger charge is 2.42. The Balaban J connectivity index is 2.30. The van der Waals surface area contributed by atoms with E-state index in [2.05, 4.69) is 11.1 Å². The van der Waals surface area contributed by atoms with Gasteiger partial charge in [0, 0.05) is 16.9 Å². The van der Waals surface area contributed by atoms with E-state index in [9.17, 15) is 5.11 Å². The maximum Gasteiger partial charge on any atom is 0.0582 e. The number of nitrogens with two attached hydrogens (primary N) is 1. The lowest BCUT2D eigenvalue weighted by Gasteiger charge is -2.42. The van der Waals surface area contributed by atoms with Gasteiger partial charge in [0.1, 0.15) is 0 Å². The lowest BCUT2D eigenvalue weighted by atomic mass is 9.70. The van der Waals surface area contributed by atoms with Gasteiger partial charge < -0.3 is 15.8 Å². The molecule has 3 nitrogen and oxygen atoms in total. The minimum atomic E-state index is -0.283. The maximum atomic E-state index is 9.25. The molecular weight excluding hydrogens is 164 g/mol. The van der Waals surface area contributed by atoms with Crippen LogP contribution in [0.15, 0.2) is 6.07 Å². The van der Waals surface area contributed by atoms with Crippen molar-refractivity contribution in [2.45, 2.75) is 38.3 Å². The number of aromatic amines is 1. The first-order valence-corrected chi connectivity index (χ1v) is 4.65. The van der Waals surface area contributed by atoms with Crippen LogP contribution in [-0.4, -0.2) is 16.2 Å². The molecule has 13 heavy (non-hydrogen) atoms. The third-order valence-electron chi connectivity index (χ3n) is 2.89. The molecule has 0 unspecified atom stereocenters. The molecule has 0 atom stereocenters. The summed E-state index contributed by atoms with van der Waals surface area (Å²) in [6.07, 6.45) is 1.16. The molecule has 4 N–H and O–H groups in total. The van der Waals surface area contributed by atoms with Gasteiger partial charge in [-0.2, -0.15) is 0 Å². The Bertz CT molecular complexity index is 324. The van der Waals surface area contributed by atoms with E-state index >= 15 is 0 Å². The summed E-state index contributed by atoms with van der Waals surface area (Å²) in [4.78, 5) is 3.24. The van der Waals surface area contributed by atoms with Crippen LogP contribution >= 0.6 is 0 Å². The van der Waals surface area contributed by atoms with Crippen molar-refractivity contribution >= 4 is 0 Å². The fraction of sp³-hybridized carbons (Fsp3) is 0.600. The Kier molecular flexibility index (Phi) is 1.75. The van der Waals surface area contributed by atoms with Gasteiger partial charge in [-0.3, -0.25) is 0 Å². The van der Waals surface area contributed by atoms with Crippen molar-refractivity contribution in [1.82, 2.24) is 4.98 Å². The summed E-state index contributed by atoms with van der Waals surface area (Å²) in [6, 6.07) is 2.08. The van der Waals surface area contributed by atoms with E-state index in [1.165, 1.54) is 0 Å². The zero-order valence-electron chi connectivity index (χ0n) is 8.09. The number of nitrogens with one attached hydrogen (secondary N) is 1. The van der Waals surface area contributed by atoms with E-state index in [-0.39, 0.29) is 11.6 Å². The van der Waals surface area contributed by atoms with Crippen LogP contribution in [0.3, 0.4) is 0 Å². The van der Waals surface area contributed by atoms with Crippen molar-refractivity contribution in [2.24, 2.45) is 5.73 Å². The Labute approximate surface area is 78.0 Å². The van der Waals surface area contributed by atoms with Gasteiger partial charge in [0.15, 0.2) is 0 Å². The van der Waals surface area contributed by atoms with Gasteiger partial charge in [0.05, 0.1) is 6.10 Å². The number of aryl methyl sites for hydroxylation is 2. The molecule has 1 aliphatic carbocycles. The third kappa shape index (κ3) is 1.28. The van der Waals surface area contributed by atoms with Crippen LogP contribution in [0.4, 0.5) is 0 Å². The van der Waals surface area contributed by atoms with Gasteiger partial charge in [0.25, 0.3) is 0 Å². The Morgan fingerprint density at radius 3 is 2.54 bits per heavy atom. The number of aromatic nitrogens is 1. The highest BCUT2D eigenvalue weighted by atomic mass is 16.3. The fourth-order valence-corrected chi connectivity index (χ4v) is 2.24. The lowest BCUT2D eigenvalue weighted by molar-refractivity contribution is 0.0207. The summed E-state index contributed by atoms with van der Waals surface area (Å²) in [5.74, 6) is 0. The Morgan fingerprint density at radius 2 is 2.15 bits per heavy atom. The molecule has 1 fully saturated rings. The molecular formula is C10H16N2O. The minimum absolute atomic E-state index is 0.209. The van der Waals surface area contributed by atoms with Gasteiger partial charge in [0.2, 0.25) is 0 Å². The van der Waals surface area contributed by atoms with Crippen LogP contribution in [0.1, 0.15) is 29.8 Å². The number of aliphatic hydroxyl groups is 1. The van der Waals surface area contributed by atoms with Crippen molar-refractivity contribution in [3.63, 3.8) is 0 Å². The monoisotopic (exact) mass is 180 g/mol. The molecule has 1 aromatic heterocycles. The predicted octanol–water partition coefficient (Wildman–Crippen LogP) is 0.940. The van der Waals surface area contributed by atoms with Crippen LogP contribution in [0.5, 0.6) is 0 Å². The second-order valence-electron chi connectivity index (χ2n) is 4.21. The van der Waals surface area contributed by atoms with Crippen molar-refractivity contribution in [2.75, 3.05) is 0 Å². The Hall–Kier alpha value is -0.800. The average molecular weight is 180 g/mol. The van der Waals surface area contributed by atoms with E-state index in [1.807, 2.05) is 13.8 Å². The molecule has 0 bridgehead atoms. The van der Waals surface area contributed by atoms with Crippen LogP contribution in [0.25, 0.3) is 0 Å². The molecule has 1 aliphatic rings. The van der Waals surface area contributed by atoms with Crippen molar-refractivity contribution in [3.05, 3.63) is 23.0 Å². The molecule has 0 spiro atoms. The SMILES string of the molecule is Cc1cc(C2(N)CC(O)C2)c(C)[nH]1. The molecule has 0 amide bonds. The Morgan fingerprint density at radius 1 is 1.54 bits per heavy atom. The van der Waals surface area contributed by atoms with Crippen LogP contribution < -0.4 is 5.73 Å². The number of hydrogen-bond acceptors (Lipinski definition) is 2. The standard InChI is InChI=1S/C10H16N2O/c1-6-3-9(7(2)12-6)10(11)4-8(13)5-10/h3,8,12-13H,4-5,11H2,1-2H3. The molecule has 0 aliphatic heterocycles. The van der Waals surface area contributed by atoms with Crippen molar-refractivity contribution < 1.29 is 5.11 Å². The summed E-state index contributed by atoms with van der Waals surface area (Å²) >= 11 is 0. The second-order valence-corrected chi connectivity index (χ2v) is 4.21. The van der Waals surface area contributed by atoms with Gasteiger partial charge >= 0.3 is 0 Å². The third-order valence-corrected chi connectivity index (χ3v) is 2.89. The summed E-state index contributed by atoms with van der Waals surface area (Å²) in [5.41, 5.74) is 9.30.